The Hall–Kier alpha value is 0.928. The van der Waals surface area contributed by atoms with Gasteiger partial charge in [-0.3, -0.25) is 27.7 Å². The predicted molar refractivity (Wildman–Crippen MR) is 85.7 cm³/mol. The summed E-state index contributed by atoms with van der Waals surface area (Å²) in [6.45, 7) is 11.7. The molecule has 0 saturated carbocycles. The van der Waals surface area contributed by atoms with E-state index in [4.69, 9.17) is 5.11 Å². The minimum Gasteiger partial charge on any atom is -0.686 e. The molecule has 0 spiro atoms. The standard InChI is InChI=1S/C15H26N4O3.2Y/c1-2-5-17-8-9-18(12-13-20)6-3-16-4-7-19(11-10-17)14-15(21)22;;/h2,7,13H,1,3-6,8-12,14H2,(H,21,22);;/q-2;;. The number of carbonyl (C=O) groups is 2. The number of aliphatic carboxylic acids is 1. The van der Waals surface area contributed by atoms with Crippen LogP contribution in [0.3, 0.4) is 0 Å². The summed E-state index contributed by atoms with van der Waals surface area (Å²) in [5.74, 6) is -0.837. The number of carboxylic acids is 1. The second-order valence-corrected chi connectivity index (χ2v) is 5.23. The third-order valence-corrected chi connectivity index (χ3v) is 3.54. The number of carboxylic acid groups (broad SMARTS) is 1. The van der Waals surface area contributed by atoms with Crippen molar-refractivity contribution in [1.82, 2.24) is 14.7 Å². The molecule has 1 fully saturated rings. The molecule has 0 amide bonds. The SMILES string of the molecule is C=CCN1CCN(CC(=O)O)[CH-]C[N-]CCN(CC=O)CC1.[Y].[Y]. The molecule has 7 nitrogen and oxygen atoms in total. The quantitative estimate of drug-likeness (QED) is 0.320. The van der Waals surface area contributed by atoms with Crippen LogP contribution in [0, 0.1) is 6.54 Å². The van der Waals surface area contributed by atoms with E-state index in [-0.39, 0.29) is 72.0 Å². The average Bonchev–Trinajstić information content (AvgIpc) is 2.46. The molecule has 1 saturated heterocycles. The average molecular weight is 488 g/mol. The van der Waals surface area contributed by atoms with Gasteiger partial charge in [-0.25, -0.2) is 0 Å². The van der Waals surface area contributed by atoms with Gasteiger partial charge in [0.2, 0.25) is 0 Å². The Morgan fingerprint density at radius 1 is 1.12 bits per heavy atom. The predicted octanol–water partition coefficient (Wildman–Crippen LogP) is -0.0940. The molecule has 1 rings (SSSR count). The fourth-order valence-electron chi connectivity index (χ4n) is 2.31. The number of aldehydes is 1. The minimum absolute atomic E-state index is 0. The zero-order valence-corrected chi connectivity index (χ0v) is 19.9. The normalized spacial score (nSPS) is 19.0. The Balaban J connectivity index is 0. The Kier molecular flexibility index (Phi) is 19.6. The van der Waals surface area contributed by atoms with Crippen molar-refractivity contribution in [1.29, 1.82) is 0 Å². The van der Waals surface area contributed by atoms with Crippen LogP contribution < -0.4 is 0 Å². The third-order valence-electron chi connectivity index (χ3n) is 3.54. The molecule has 0 aromatic carbocycles. The molecule has 1 heterocycles. The molecule has 0 unspecified atom stereocenters. The van der Waals surface area contributed by atoms with E-state index in [0.29, 0.717) is 26.2 Å². The number of hydrogen-bond acceptors (Lipinski definition) is 5. The summed E-state index contributed by atoms with van der Waals surface area (Å²) >= 11 is 0. The van der Waals surface area contributed by atoms with Gasteiger partial charge in [-0.15, -0.1) is 13.1 Å². The molecule has 9 heteroatoms. The van der Waals surface area contributed by atoms with Gasteiger partial charge in [0.1, 0.15) is 6.29 Å². The largest absolute Gasteiger partial charge is 0.686 e. The van der Waals surface area contributed by atoms with Crippen molar-refractivity contribution in [2.45, 2.75) is 0 Å². The van der Waals surface area contributed by atoms with Gasteiger partial charge >= 0.3 is 5.97 Å². The number of carbonyl (C=O) groups excluding carboxylic acids is 1. The maximum absolute atomic E-state index is 10.9. The topological polar surface area (TPSA) is 78.2 Å². The Bertz CT molecular complexity index is 362. The molecule has 0 aromatic heterocycles. The fourth-order valence-corrected chi connectivity index (χ4v) is 2.31. The zero-order chi connectivity index (χ0) is 16.2. The molecule has 132 valence electrons. The summed E-state index contributed by atoms with van der Waals surface area (Å²) in [5.41, 5.74) is 0. The minimum atomic E-state index is -0.837. The summed E-state index contributed by atoms with van der Waals surface area (Å²) in [6, 6.07) is 0. The molecule has 0 atom stereocenters. The molecular weight excluding hydrogens is 462 g/mol. The first-order chi connectivity index (χ1) is 10.7. The number of rotatable bonds is 6. The van der Waals surface area contributed by atoms with Crippen molar-refractivity contribution in [3.05, 3.63) is 24.5 Å². The monoisotopic (exact) mass is 488 g/mol. The van der Waals surface area contributed by atoms with E-state index >= 15 is 0 Å². The van der Waals surface area contributed by atoms with Crippen molar-refractivity contribution in [3.63, 3.8) is 0 Å². The van der Waals surface area contributed by atoms with Crippen LogP contribution in [0.4, 0.5) is 0 Å². The Morgan fingerprint density at radius 2 is 1.75 bits per heavy atom. The van der Waals surface area contributed by atoms with Crippen LogP contribution in [0.5, 0.6) is 0 Å². The molecule has 0 bridgehead atoms. The molecule has 0 aromatic rings. The smallest absolute Gasteiger partial charge is 0.315 e. The van der Waals surface area contributed by atoms with Gasteiger partial charge in [0.05, 0.1) is 13.1 Å². The number of hydrogen-bond donors (Lipinski definition) is 1. The van der Waals surface area contributed by atoms with Gasteiger partial charge in [0.15, 0.2) is 0 Å². The first-order valence-electron chi connectivity index (χ1n) is 7.57. The van der Waals surface area contributed by atoms with Crippen LogP contribution in [-0.2, 0) is 75.0 Å². The van der Waals surface area contributed by atoms with E-state index in [0.717, 1.165) is 39.0 Å². The van der Waals surface area contributed by atoms with Crippen molar-refractivity contribution in [3.8, 4) is 0 Å². The second kappa shape index (κ2) is 17.3. The van der Waals surface area contributed by atoms with E-state index in [1.165, 1.54) is 0 Å². The summed E-state index contributed by atoms with van der Waals surface area (Å²) in [4.78, 5) is 27.7. The van der Waals surface area contributed by atoms with E-state index in [9.17, 15) is 9.59 Å². The van der Waals surface area contributed by atoms with Crippen molar-refractivity contribution in [2.75, 3.05) is 65.4 Å². The third kappa shape index (κ3) is 13.2. The van der Waals surface area contributed by atoms with Crippen molar-refractivity contribution < 1.29 is 80.1 Å². The van der Waals surface area contributed by atoms with Gasteiger partial charge in [-0.2, -0.15) is 0 Å². The van der Waals surface area contributed by atoms with E-state index in [2.05, 4.69) is 21.7 Å². The Morgan fingerprint density at radius 3 is 2.33 bits per heavy atom. The maximum atomic E-state index is 10.9. The molecular formula is C15H26N4O3Y2-2. The van der Waals surface area contributed by atoms with Crippen LogP contribution >= 0.6 is 0 Å². The van der Waals surface area contributed by atoms with Crippen molar-refractivity contribution >= 4 is 12.3 Å². The first-order valence-corrected chi connectivity index (χ1v) is 7.57. The van der Waals surface area contributed by atoms with Crippen LogP contribution in [0.25, 0.3) is 5.32 Å². The maximum Gasteiger partial charge on any atom is 0.315 e. The van der Waals surface area contributed by atoms with Gasteiger partial charge in [0, 0.05) is 91.6 Å². The van der Waals surface area contributed by atoms with Crippen LogP contribution in [-0.4, -0.2) is 97.5 Å². The van der Waals surface area contributed by atoms with Crippen LogP contribution in [0.15, 0.2) is 12.7 Å². The second-order valence-electron chi connectivity index (χ2n) is 5.23. The summed E-state index contributed by atoms with van der Waals surface area (Å²) in [5, 5.41) is 13.3. The molecule has 1 N–H and O–H groups in total. The fraction of sp³-hybridized carbons (Fsp3) is 0.667. The summed E-state index contributed by atoms with van der Waals surface area (Å²) in [6.07, 6.45) is 2.76. The molecule has 24 heavy (non-hydrogen) atoms. The van der Waals surface area contributed by atoms with E-state index in [1.54, 1.807) is 4.90 Å². The first kappa shape index (κ1) is 27.1. The molecule has 2 radical (unpaired) electrons. The summed E-state index contributed by atoms with van der Waals surface area (Å²) in [7, 11) is 0. The van der Waals surface area contributed by atoms with Gasteiger partial charge in [-0.1, -0.05) is 6.08 Å². The van der Waals surface area contributed by atoms with Crippen LogP contribution in [0.1, 0.15) is 0 Å². The van der Waals surface area contributed by atoms with E-state index < -0.39 is 5.97 Å². The van der Waals surface area contributed by atoms with Gasteiger partial charge in [-0.05, 0) is 13.1 Å². The number of nitrogens with zero attached hydrogens (tertiary/aromatic N) is 4. The summed E-state index contributed by atoms with van der Waals surface area (Å²) < 4.78 is 0. The molecule has 1 aliphatic heterocycles. The van der Waals surface area contributed by atoms with Gasteiger partial charge < -0.3 is 20.1 Å². The molecule has 0 aliphatic carbocycles. The molecule has 1 aliphatic rings. The zero-order valence-electron chi connectivity index (χ0n) is 14.2. The van der Waals surface area contributed by atoms with Gasteiger partial charge in [0.25, 0.3) is 0 Å². The van der Waals surface area contributed by atoms with Crippen LogP contribution in [0.2, 0.25) is 0 Å². The Labute approximate surface area is 195 Å². The van der Waals surface area contributed by atoms with E-state index in [1.807, 2.05) is 12.6 Å². The van der Waals surface area contributed by atoms with Crippen molar-refractivity contribution in [2.24, 2.45) is 0 Å².